The highest BCUT2D eigenvalue weighted by molar-refractivity contribution is 5.48. The standard InChI is InChI=1S/C15H18N4/c16-18-14-8-3-9-15(17-14)19-10-4-7-12-5-1-2-6-13(12)11-19/h1-3,5-6,8-9H,4,7,10-11,16H2,(H,17,18). The van der Waals surface area contributed by atoms with Gasteiger partial charge in [-0.2, -0.15) is 0 Å². The molecule has 98 valence electrons. The molecule has 0 atom stereocenters. The zero-order valence-corrected chi connectivity index (χ0v) is 10.8. The number of benzene rings is 1. The number of nitrogens with one attached hydrogen (secondary N) is 1. The normalized spacial score (nSPS) is 14.7. The van der Waals surface area contributed by atoms with Crippen LogP contribution in [0, 0.1) is 0 Å². The van der Waals surface area contributed by atoms with Gasteiger partial charge in [-0.3, -0.25) is 0 Å². The number of aromatic nitrogens is 1. The van der Waals surface area contributed by atoms with Crippen molar-refractivity contribution in [1.29, 1.82) is 0 Å². The number of hydrazine groups is 1. The lowest BCUT2D eigenvalue weighted by Crippen LogP contribution is -2.24. The van der Waals surface area contributed by atoms with Gasteiger partial charge in [-0.25, -0.2) is 10.8 Å². The first-order valence-electron chi connectivity index (χ1n) is 6.62. The van der Waals surface area contributed by atoms with Crippen molar-refractivity contribution in [1.82, 2.24) is 4.98 Å². The smallest absolute Gasteiger partial charge is 0.142 e. The molecule has 0 saturated carbocycles. The second-order valence-electron chi connectivity index (χ2n) is 4.82. The summed E-state index contributed by atoms with van der Waals surface area (Å²) in [7, 11) is 0. The number of rotatable bonds is 2. The Kier molecular flexibility index (Phi) is 3.33. The van der Waals surface area contributed by atoms with Crippen molar-refractivity contribution in [2.24, 2.45) is 5.84 Å². The van der Waals surface area contributed by atoms with E-state index in [4.69, 9.17) is 5.84 Å². The fourth-order valence-electron chi connectivity index (χ4n) is 2.58. The van der Waals surface area contributed by atoms with E-state index in [1.54, 1.807) is 0 Å². The minimum atomic E-state index is 0.704. The van der Waals surface area contributed by atoms with Crippen LogP contribution in [-0.4, -0.2) is 11.5 Å². The van der Waals surface area contributed by atoms with Gasteiger partial charge in [0.2, 0.25) is 0 Å². The fraction of sp³-hybridized carbons (Fsp3) is 0.267. The molecule has 19 heavy (non-hydrogen) atoms. The molecule has 4 nitrogen and oxygen atoms in total. The largest absolute Gasteiger partial charge is 0.352 e. The van der Waals surface area contributed by atoms with Gasteiger partial charge in [-0.1, -0.05) is 30.3 Å². The zero-order valence-electron chi connectivity index (χ0n) is 10.8. The number of nitrogens with zero attached hydrogens (tertiary/aromatic N) is 2. The van der Waals surface area contributed by atoms with Crippen LogP contribution >= 0.6 is 0 Å². The molecule has 0 amide bonds. The summed E-state index contributed by atoms with van der Waals surface area (Å²) in [5, 5.41) is 0. The highest BCUT2D eigenvalue weighted by atomic mass is 15.3. The van der Waals surface area contributed by atoms with Crippen LogP contribution in [0.5, 0.6) is 0 Å². The Bertz CT molecular complexity index is 568. The van der Waals surface area contributed by atoms with E-state index >= 15 is 0 Å². The number of anilines is 2. The number of hydrogen-bond acceptors (Lipinski definition) is 4. The molecule has 1 aromatic heterocycles. The molecule has 2 heterocycles. The third kappa shape index (κ3) is 2.53. The summed E-state index contributed by atoms with van der Waals surface area (Å²) >= 11 is 0. The Balaban J connectivity index is 1.89. The molecule has 2 aromatic rings. The van der Waals surface area contributed by atoms with Crippen LogP contribution < -0.4 is 16.2 Å². The first-order valence-corrected chi connectivity index (χ1v) is 6.62. The molecule has 0 fully saturated rings. The SMILES string of the molecule is NNc1cccc(N2CCCc3ccccc3C2)n1. The lowest BCUT2D eigenvalue weighted by molar-refractivity contribution is 0.755. The minimum absolute atomic E-state index is 0.704. The molecule has 0 spiro atoms. The van der Waals surface area contributed by atoms with E-state index in [0.717, 1.165) is 31.7 Å². The minimum Gasteiger partial charge on any atom is -0.352 e. The number of hydrogen-bond donors (Lipinski definition) is 2. The quantitative estimate of drug-likeness (QED) is 0.638. The molecule has 0 saturated heterocycles. The second-order valence-corrected chi connectivity index (χ2v) is 4.82. The summed E-state index contributed by atoms with van der Waals surface area (Å²) in [6.07, 6.45) is 2.29. The van der Waals surface area contributed by atoms with Crippen LogP contribution in [0.1, 0.15) is 17.5 Å². The average molecular weight is 254 g/mol. The lowest BCUT2D eigenvalue weighted by Gasteiger charge is -2.22. The molecule has 0 unspecified atom stereocenters. The third-order valence-corrected chi connectivity index (χ3v) is 3.56. The van der Waals surface area contributed by atoms with Gasteiger partial charge < -0.3 is 10.3 Å². The van der Waals surface area contributed by atoms with Crippen LogP contribution in [0.15, 0.2) is 42.5 Å². The maximum atomic E-state index is 5.42. The summed E-state index contributed by atoms with van der Waals surface area (Å²) in [6.45, 7) is 1.94. The van der Waals surface area contributed by atoms with Crippen molar-refractivity contribution in [3.8, 4) is 0 Å². The van der Waals surface area contributed by atoms with Gasteiger partial charge in [0.15, 0.2) is 0 Å². The van der Waals surface area contributed by atoms with Gasteiger partial charge in [0.05, 0.1) is 0 Å². The van der Waals surface area contributed by atoms with E-state index < -0.39 is 0 Å². The van der Waals surface area contributed by atoms with Crippen LogP contribution in [0.25, 0.3) is 0 Å². The maximum Gasteiger partial charge on any atom is 0.142 e. The van der Waals surface area contributed by atoms with Crippen molar-refractivity contribution in [2.45, 2.75) is 19.4 Å². The van der Waals surface area contributed by atoms with E-state index in [2.05, 4.69) is 39.6 Å². The zero-order chi connectivity index (χ0) is 13.1. The monoisotopic (exact) mass is 254 g/mol. The summed E-state index contributed by atoms with van der Waals surface area (Å²) in [6, 6.07) is 14.5. The predicted molar refractivity (Wildman–Crippen MR) is 77.9 cm³/mol. The average Bonchev–Trinajstić information content (AvgIpc) is 2.69. The lowest BCUT2D eigenvalue weighted by atomic mass is 10.0. The van der Waals surface area contributed by atoms with Crippen LogP contribution in [0.2, 0.25) is 0 Å². The van der Waals surface area contributed by atoms with E-state index in [9.17, 15) is 0 Å². The molecule has 3 rings (SSSR count). The van der Waals surface area contributed by atoms with E-state index in [1.807, 2.05) is 18.2 Å². The molecule has 0 radical (unpaired) electrons. The molecule has 1 aliphatic rings. The molecular weight excluding hydrogens is 236 g/mol. The second kappa shape index (κ2) is 5.28. The van der Waals surface area contributed by atoms with Crippen molar-refractivity contribution < 1.29 is 0 Å². The van der Waals surface area contributed by atoms with E-state index in [0.29, 0.717) is 5.82 Å². The molecular formula is C15H18N4. The summed E-state index contributed by atoms with van der Waals surface area (Å²) in [5.74, 6) is 7.11. The van der Waals surface area contributed by atoms with Crippen LogP contribution in [0.3, 0.4) is 0 Å². The number of pyridine rings is 1. The van der Waals surface area contributed by atoms with Gasteiger partial charge >= 0.3 is 0 Å². The topological polar surface area (TPSA) is 54.2 Å². The highest BCUT2D eigenvalue weighted by Gasteiger charge is 2.15. The van der Waals surface area contributed by atoms with E-state index in [1.165, 1.54) is 11.1 Å². The Morgan fingerprint density at radius 2 is 1.89 bits per heavy atom. The van der Waals surface area contributed by atoms with Gasteiger partial charge in [-0.15, -0.1) is 0 Å². The van der Waals surface area contributed by atoms with Crippen molar-refractivity contribution in [2.75, 3.05) is 16.9 Å². The van der Waals surface area contributed by atoms with Gasteiger partial charge in [0, 0.05) is 13.1 Å². The van der Waals surface area contributed by atoms with Crippen LogP contribution in [0.4, 0.5) is 11.6 Å². The number of aryl methyl sites for hydroxylation is 1. The Morgan fingerprint density at radius 3 is 2.74 bits per heavy atom. The molecule has 0 bridgehead atoms. The number of nitrogens with two attached hydrogens (primary N) is 1. The van der Waals surface area contributed by atoms with Crippen LogP contribution in [-0.2, 0) is 13.0 Å². The summed E-state index contributed by atoms with van der Waals surface area (Å²) < 4.78 is 0. The van der Waals surface area contributed by atoms with Gasteiger partial charge in [0.25, 0.3) is 0 Å². The van der Waals surface area contributed by atoms with Crippen molar-refractivity contribution in [3.63, 3.8) is 0 Å². The van der Waals surface area contributed by atoms with E-state index in [-0.39, 0.29) is 0 Å². The van der Waals surface area contributed by atoms with Crippen molar-refractivity contribution >= 4 is 11.6 Å². The first kappa shape index (κ1) is 12.0. The Morgan fingerprint density at radius 1 is 1.05 bits per heavy atom. The molecule has 4 heteroatoms. The fourth-order valence-corrected chi connectivity index (χ4v) is 2.58. The van der Waals surface area contributed by atoms with Gasteiger partial charge in [0.1, 0.15) is 11.6 Å². The summed E-state index contributed by atoms with van der Waals surface area (Å²) in [4.78, 5) is 6.83. The predicted octanol–water partition coefficient (Wildman–Crippen LogP) is 2.32. The molecule has 1 aliphatic heterocycles. The Hall–Kier alpha value is -2.07. The third-order valence-electron chi connectivity index (χ3n) is 3.56. The Labute approximate surface area is 113 Å². The molecule has 1 aromatic carbocycles. The van der Waals surface area contributed by atoms with Gasteiger partial charge in [-0.05, 0) is 36.1 Å². The highest BCUT2D eigenvalue weighted by Crippen LogP contribution is 2.23. The number of fused-ring (bicyclic) bond motifs is 1. The summed E-state index contributed by atoms with van der Waals surface area (Å²) in [5.41, 5.74) is 5.46. The molecule has 3 N–H and O–H groups in total. The first-order chi connectivity index (χ1) is 9.36. The maximum absolute atomic E-state index is 5.42. The van der Waals surface area contributed by atoms with Crippen molar-refractivity contribution in [3.05, 3.63) is 53.6 Å². The number of nitrogen functional groups attached to an aromatic ring is 1. The molecule has 0 aliphatic carbocycles.